The van der Waals surface area contributed by atoms with Gasteiger partial charge in [0.1, 0.15) is 0 Å². The lowest BCUT2D eigenvalue weighted by Crippen LogP contribution is -2.16. The van der Waals surface area contributed by atoms with E-state index < -0.39 is 0 Å². The first kappa shape index (κ1) is 10.2. The van der Waals surface area contributed by atoms with Gasteiger partial charge in [0, 0.05) is 35.6 Å². The minimum absolute atomic E-state index is 0.0547. The Morgan fingerprint density at radius 1 is 1.70 bits per heavy atom. The van der Waals surface area contributed by atoms with Gasteiger partial charge >= 0.3 is 0 Å². The van der Waals surface area contributed by atoms with Crippen LogP contribution >= 0.6 is 22.6 Å². The van der Waals surface area contributed by atoms with E-state index in [1.165, 1.54) is 0 Å². The second kappa shape index (κ2) is 7.32. The highest BCUT2D eigenvalue weighted by Crippen LogP contribution is 1.95. The second-order valence-electron chi connectivity index (χ2n) is 1.74. The van der Waals surface area contributed by atoms with Crippen molar-refractivity contribution in [3.63, 3.8) is 0 Å². The largest absolute Gasteiger partial charge is 0.394 e. The Labute approximate surface area is 75.1 Å². The Bertz CT molecular complexity index is 125. The number of aliphatic hydroxyl groups is 1. The van der Waals surface area contributed by atoms with Crippen molar-refractivity contribution in [1.29, 1.82) is 0 Å². The highest BCUT2D eigenvalue weighted by atomic mass is 127. The normalized spacial score (nSPS) is 11.9. The summed E-state index contributed by atoms with van der Waals surface area (Å²) in [4.78, 5) is 0. The zero-order valence-corrected chi connectivity index (χ0v) is 8.09. The Morgan fingerprint density at radius 2 is 2.40 bits per heavy atom. The summed E-state index contributed by atoms with van der Waals surface area (Å²) in [6.45, 7) is 2.59. The molecule has 3 heteroatoms. The van der Waals surface area contributed by atoms with Gasteiger partial charge in [0.25, 0.3) is 0 Å². The highest BCUT2D eigenvalue weighted by molar-refractivity contribution is 14.1. The van der Waals surface area contributed by atoms with E-state index in [-0.39, 0.29) is 12.7 Å². The number of hydrogen-bond acceptors (Lipinski definition) is 2. The lowest BCUT2D eigenvalue weighted by Gasteiger charge is -2.09. The third kappa shape index (κ3) is 5.03. The van der Waals surface area contributed by atoms with Crippen molar-refractivity contribution >= 4 is 22.6 Å². The fraction of sp³-hybridized carbons (Fsp3) is 0.714. The molecule has 0 fully saturated rings. The molecule has 0 saturated heterocycles. The monoisotopic (exact) mass is 254 g/mol. The van der Waals surface area contributed by atoms with Crippen molar-refractivity contribution < 1.29 is 9.84 Å². The van der Waals surface area contributed by atoms with Gasteiger partial charge in [-0.05, 0) is 10.9 Å². The van der Waals surface area contributed by atoms with Gasteiger partial charge < -0.3 is 9.84 Å². The predicted octanol–water partition coefficient (Wildman–Crippen LogP) is 1.17. The summed E-state index contributed by atoms with van der Waals surface area (Å²) in [5, 5.41) is 8.69. The SMILES string of the molecule is CCOC(CO)CC#CI. The van der Waals surface area contributed by atoms with E-state index in [2.05, 4.69) is 9.85 Å². The molecule has 0 aromatic carbocycles. The summed E-state index contributed by atoms with van der Waals surface area (Å²) in [5.41, 5.74) is 0. The van der Waals surface area contributed by atoms with Crippen LogP contribution in [0, 0.1) is 9.85 Å². The van der Waals surface area contributed by atoms with Gasteiger partial charge in [-0.15, -0.1) is 0 Å². The van der Waals surface area contributed by atoms with Crippen LogP contribution in [-0.4, -0.2) is 24.4 Å². The molecule has 0 amide bonds. The highest BCUT2D eigenvalue weighted by Gasteiger charge is 2.02. The lowest BCUT2D eigenvalue weighted by molar-refractivity contribution is 0.0237. The fourth-order valence-electron chi connectivity index (χ4n) is 0.564. The minimum atomic E-state index is -0.104. The van der Waals surface area contributed by atoms with Gasteiger partial charge in [-0.1, -0.05) is 5.92 Å². The number of aliphatic hydroxyl groups excluding tert-OH is 1. The van der Waals surface area contributed by atoms with Crippen LogP contribution in [0.15, 0.2) is 0 Å². The third-order valence-electron chi connectivity index (χ3n) is 1.00. The number of hydrogen-bond donors (Lipinski definition) is 1. The summed E-state index contributed by atoms with van der Waals surface area (Å²) >= 11 is 1.97. The molecular weight excluding hydrogens is 243 g/mol. The van der Waals surface area contributed by atoms with Crippen molar-refractivity contribution in [2.75, 3.05) is 13.2 Å². The topological polar surface area (TPSA) is 29.5 Å². The number of rotatable bonds is 4. The van der Waals surface area contributed by atoms with E-state index >= 15 is 0 Å². The third-order valence-corrected chi connectivity index (χ3v) is 1.38. The van der Waals surface area contributed by atoms with Gasteiger partial charge in [0.15, 0.2) is 0 Å². The van der Waals surface area contributed by atoms with Crippen molar-refractivity contribution in [2.45, 2.75) is 19.4 Å². The van der Waals surface area contributed by atoms with E-state index in [1.807, 2.05) is 29.5 Å². The van der Waals surface area contributed by atoms with Crippen molar-refractivity contribution in [1.82, 2.24) is 0 Å². The molecule has 0 aliphatic heterocycles. The molecule has 0 aliphatic rings. The first-order valence-electron chi connectivity index (χ1n) is 3.16. The van der Waals surface area contributed by atoms with Gasteiger partial charge in [-0.25, -0.2) is 0 Å². The molecule has 0 spiro atoms. The maximum atomic E-state index is 8.69. The average Bonchev–Trinajstić information content (AvgIpc) is 1.98. The van der Waals surface area contributed by atoms with Crippen LogP contribution in [0.1, 0.15) is 13.3 Å². The Kier molecular flexibility index (Phi) is 7.47. The van der Waals surface area contributed by atoms with Gasteiger partial charge in [0.2, 0.25) is 0 Å². The van der Waals surface area contributed by atoms with Gasteiger partial charge in [0.05, 0.1) is 12.7 Å². The molecule has 0 aromatic rings. The van der Waals surface area contributed by atoms with E-state index in [0.717, 1.165) is 0 Å². The summed E-state index contributed by atoms with van der Waals surface area (Å²) in [7, 11) is 0. The van der Waals surface area contributed by atoms with E-state index in [9.17, 15) is 0 Å². The van der Waals surface area contributed by atoms with Crippen LogP contribution in [0.5, 0.6) is 0 Å². The number of halogens is 1. The van der Waals surface area contributed by atoms with Crippen LogP contribution < -0.4 is 0 Å². The lowest BCUT2D eigenvalue weighted by atomic mass is 10.3. The van der Waals surface area contributed by atoms with Gasteiger partial charge in [-0.2, -0.15) is 0 Å². The van der Waals surface area contributed by atoms with Crippen LogP contribution in [0.25, 0.3) is 0 Å². The summed E-state index contributed by atoms with van der Waals surface area (Å²) in [6.07, 6.45) is 0.514. The van der Waals surface area contributed by atoms with Crippen molar-refractivity contribution in [2.24, 2.45) is 0 Å². The molecular formula is C7H11IO2. The Balaban J connectivity index is 3.45. The summed E-state index contributed by atoms with van der Waals surface area (Å²) in [5.74, 6) is 2.84. The van der Waals surface area contributed by atoms with Crippen molar-refractivity contribution in [3.05, 3.63) is 0 Å². The molecule has 1 atom stereocenters. The van der Waals surface area contributed by atoms with Gasteiger partial charge in [-0.3, -0.25) is 0 Å². The molecule has 0 bridgehead atoms. The van der Waals surface area contributed by atoms with Crippen LogP contribution in [-0.2, 0) is 4.74 Å². The predicted molar refractivity (Wildman–Crippen MR) is 48.9 cm³/mol. The van der Waals surface area contributed by atoms with E-state index in [1.54, 1.807) is 0 Å². The molecule has 0 aromatic heterocycles. The maximum absolute atomic E-state index is 8.69. The molecule has 0 saturated carbocycles. The van der Waals surface area contributed by atoms with Crippen LogP contribution in [0.2, 0.25) is 0 Å². The molecule has 0 radical (unpaired) electrons. The molecule has 1 unspecified atom stereocenters. The molecule has 0 heterocycles. The molecule has 0 aliphatic carbocycles. The molecule has 58 valence electrons. The smallest absolute Gasteiger partial charge is 0.0914 e. The first-order chi connectivity index (χ1) is 4.85. The molecule has 1 N–H and O–H groups in total. The standard InChI is InChI=1S/C7H11IO2/c1-2-10-7(6-9)4-3-5-8/h7,9H,2,4,6H2,1H3. The van der Waals surface area contributed by atoms with E-state index in [4.69, 9.17) is 9.84 Å². The summed E-state index contributed by atoms with van der Waals surface area (Å²) in [6, 6.07) is 0. The first-order valence-corrected chi connectivity index (χ1v) is 4.24. The molecule has 2 nitrogen and oxygen atoms in total. The summed E-state index contributed by atoms with van der Waals surface area (Å²) < 4.78 is 7.86. The molecule has 0 rings (SSSR count). The quantitative estimate of drug-likeness (QED) is 0.602. The minimum Gasteiger partial charge on any atom is -0.394 e. The maximum Gasteiger partial charge on any atom is 0.0914 e. The fourth-order valence-corrected chi connectivity index (χ4v) is 0.784. The van der Waals surface area contributed by atoms with Crippen LogP contribution in [0.4, 0.5) is 0 Å². The Morgan fingerprint density at radius 3 is 2.80 bits per heavy atom. The van der Waals surface area contributed by atoms with E-state index in [0.29, 0.717) is 13.0 Å². The average molecular weight is 254 g/mol. The molecule has 10 heavy (non-hydrogen) atoms. The Hall–Kier alpha value is 0.210. The second-order valence-corrected chi connectivity index (χ2v) is 2.27. The van der Waals surface area contributed by atoms with Crippen molar-refractivity contribution in [3.8, 4) is 9.85 Å². The zero-order chi connectivity index (χ0) is 7.82. The van der Waals surface area contributed by atoms with Crippen LogP contribution in [0.3, 0.4) is 0 Å². The number of ether oxygens (including phenoxy) is 1. The zero-order valence-electron chi connectivity index (χ0n) is 5.93.